The molecule has 0 spiro atoms. The van der Waals surface area contributed by atoms with Crippen molar-refractivity contribution in [1.29, 1.82) is 0 Å². The number of unbranched alkanes of at least 4 members (excludes halogenated alkanes) is 39. The van der Waals surface area contributed by atoms with Gasteiger partial charge in [0.05, 0.1) is 26.4 Å². The smallest absolute Gasteiger partial charge is 0.462 e. The van der Waals surface area contributed by atoms with Gasteiger partial charge in [-0.25, -0.2) is 9.13 Å². The molecular formula is C76H148O17P2. The first-order chi connectivity index (χ1) is 45.6. The van der Waals surface area contributed by atoms with Crippen molar-refractivity contribution in [2.45, 2.75) is 401 Å². The predicted octanol–water partition coefficient (Wildman–Crippen LogP) is 22.0. The summed E-state index contributed by atoms with van der Waals surface area (Å²) >= 11 is 0. The van der Waals surface area contributed by atoms with Crippen LogP contribution in [0.5, 0.6) is 0 Å². The Balaban J connectivity index is 5.24. The molecule has 0 aliphatic carbocycles. The molecule has 0 aromatic rings. The third-order valence-electron chi connectivity index (χ3n) is 17.6. The standard InChI is InChI=1S/C76H148O17P2/c1-66(2)52-44-36-28-21-15-11-9-10-12-17-24-32-40-48-56-73(78)86-62-71(92-76(81)59-51-43-34-26-20-19-23-30-38-46-54-68(5)6)64-90-94(82,83)88-60-70(77)61-89-95(84,85)91-65-72(63-87-74(79)57-49-41-35-27-31-39-47-55-69(7)8)93-75(80)58-50-42-33-25-18-14-13-16-22-29-37-45-53-67(3)4/h66-72,77H,9-65H2,1-8H3,(H,82,83)(H,84,85)/t70?,71-,72-/m1/s1. The Kier molecular flexibility index (Phi) is 64.0. The number of hydrogen-bond donors (Lipinski definition) is 3. The maximum Gasteiger partial charge on any atom is 0.472 e. The zero-order valence-corrected chi connectivity index (χ0v) is 64.1. The molecule has 0 aromatic heterocycles. The number of carbonyl (C=O) groups excluding carboxylic acids is 4. The van der Waals surface area contributed by atoms with Gasteiger partial charge < -0.3 is 33.8 Å². The highest BCUT2D eigenvalue weighted by atomic mass is 31.2. The van der Waals surface area contributed by atoms with Crippen molar-refractivity contribution >= 4 is 39.5 Å². The second-order valence-corrected chi connectivity index (χ2v) is 32.2. The molecule has 3 unspecified atom stereocenters. The SMILES string of the molecule is CC(C)CCCCCCCCCCCCCCCCC(=O)OC[C@H](COP(=O)(O)OCC(O)COP(=O)(O)OC[C@@H](COC(=O)CCCCCCCCCC(C)C)OC(=O)CCCCCCCCCCCCCCC(C)C)OC(=O)CCCCCCCCCCCCC(C)C. The van der Waals surface area contributed by atoms with E-state index in [1.165, 1.54) is 180 Å². The molecule has 0 saturated carbocycles. The van der Waals surface area contributed by atoms with E-state index in [1.807, 2.05) is 0 Å². The summed E-state index contributed by atoms with van der Waals surface area (Å²) in [6.07, 6.45) is 50.0. The van der Waals surface area contributed by atoms with Gasteiger partial charge in [-0.3, -0.25) is 37.3 Å². The maximum atomic E-state index is 13.1. The number of ether oxygens (including phenoxy) is 4. The first-order valence-corrected chi connectivity index (χ1v) is 42.2. The molecule has 0 saturated heterocycles. The highest BCUT2D eigenvalue weighted by molar-refractivity contribution is 7.47. The van der Waals surface area contributed by atoms with Gasteiger partial charge in [0.1, 0.15) is 19.3 Å². The Labute approximate surface area is 581 Å². The van der Waals surface area contributed by atoms with Gasteiger partial charge >= 0.3 is 39.5 Å². The van der Waals surface area contributed by atoms with Crippen LogP contribution in [0, 0.1) is 23.7 Å². The molecule has 0 aliphatic rings. The average Bonchev–Trinajstić information content (AvgIpc) is 3.01. The van der Waals surface area contributed by atoms with Gasteiger partial charge in [-0.05, 0) is 49.4 Å². The number of phosphoric ester groups is 2. The normalized spacial score (nSPS) is 14.1. The van der Waals surface area contributed by atoms with Crippen LogP contribution in [0.15, 0.2) is 0 Å². The third-order valence-corrected chi connectivity index (χ3v) is 19.5. The van der Waals surface area contributed by atoms with E-state index in [9.17, 15) is 43.2 Å². The minimum atomic E-state index is -4.96. The Morgan fingerprint density at radius 1 is 0.263 bits per heavy atom. The topological polar surface area (TPSA) is 237 Å². The van der Waals surface area contributed by atoms with Gasteiger partial charge in [0.2, 0.25) is 0 Å². The zero-order chi connectivity index (χ0) is 70.3. The van der Waals surface area contributed by atoms with Crippen LogP contribution in [0.4, 0.5) is 0 Å². The van der Waals surface area contributed by atoms with E-state index in [4.69, 9.17) is 37.0 Å². The van der Waals surface area contributed by atoms with Crippen LogP contribution >= 0.6 is 15.6 Å². The Hall–Kier alpha value is -1.94. The number of aliphatic hydroxyl groups excluding tert-OH is 1. The van der Waals surface area contributed by atoms with Crippen LogP contribution in [0.1, 0.15) is 383 Å². The van der Waals surface area contributed by atoms with E-state index in [2.05, 4.69) is 55.4 Å². The molecule has 0 aliphatic heterocycles. The first-order valence-electron chi connectivity index (χ1n) is 39.2. The predicted molar refractivity (Wildman–Crippen MR) is 386 cm³/mol. The molecule has 0 amide bonds. The minimum Gasteiger partial charge on any atom is -0.462 e. The number of aliphatic hydroxyl groups is 1. The van der Waals surface area contributed by atoms with E-state index in [0.717, 1.165) is 114 Å². The zero-order valence-electron chi connectivity index (χ0n) is 62.3. The van der Waals surface area contributed by atoms with Crippen LogP contribution < -0.4 is 0 Å². The fraction of sp³-hybridized carbons (Fsp3) is 0.947. The number of phosphoric acid groups is 2. The molecule has 0 heterocycles. The summed E-state index contributed by atoms with van der Waals surface area (Å²) in [5.41, 5.74) is 0. The van der Waals surface area contributed by atoms with E-state index >= 15 is 0 Å². The van der Waals surface area contributed by atoms with Crippen molar-refractivity contribution in [2.24, 2.45) is 23.7 Å². The molecule has 0 aromatic carbocycles. The van der Waals surface area contributed by atoms with Gasteiger partial charge in [-0.2, -0.15) is 0 Å². The molecule has 95 heavy (non-hydrogen) atoms. The number of rotatable bonds is 73. The number of carbonyl (C=O) groups is 4. The Morgan fingerprint density at radius 2 is 0.442 bits per heavy atom. The Bertz CT molecular complexity index is 1870. The number of hydrogen-bond acceptors (Lipinski definition) is 15. The largest absolute Gasteiger partial charge is 0.472 e. The van der Waals surface area contributed by atoms with Gasteiger partial charge in [-0.1, -0.05) is 331 Å². The summed E-state index contributed by atoms with van der Waals surface area (Å²) in [7, 11) is -9.91. The monoisotopic (exact) mass is 1400 g/mol. The van der Waals surface area contributed by atoms with Crippen LogP contribution in [-0.2, 0) is 65.4 Å². The summed E-state index contributed by atoms with van der Waals surface area (Å²) < 4.78 is 68.5. The van der Waals surface area contributed by atoms with Gasteiger partial charge in [-0.15, -0.1) is 0 Å². The lowest BCUT2D eigenvalue weighted by atomic mass is 10.0. The Morgan fingerprint density at radius 3 is 0.653 bits per heavy atom. The minimum absolute atomic E-state index is 0.106. The fourth-order valence-corrected chi connectivity index (χ4v) is 13.1. The lowest BCUT2D eigenvalue weighted by Gasteiger charge is -2.21. The highest BCUT2D eigenvalue weighted by Gasteiger charge is 2.30. The quantitative estimate of drug-likeness (QED) is 0.0222. The molecule has 0 bridgehead atoms. The molecule has 3 N–H and O–H groups in total. The second kappa shape index (κ2) is 65.4. The second-order valence-electron chi connectivity index (χ2n) is 29.3. The highest BCUT2D eigenvalue weighted by Crippen LogP contribution is 2.45. The lowest BCUT2D eigenvalue weighted by molar-refractivity contribution is -0.161. The summed E-state index contributed by atoms with van der Waals surface area (Å²) in [6.45, 7) is 14.2. The van der Waals surface area contributed by atoms with Crippen molar-refractivity contribution in [3.63, 3.8) is 0 Å². The van der Waals surface area contributed by atoms with Crippen molar-refractivity contribution in [2.75, 3.05) is 39.6 Å². The van der Waals surface area contributed by atoms with Gasteiger partial charge in [0.15, 0.2) is 12.2 Å². The van der Waals surface area contributed by atoms with Crippen molar-refractivity contribution < 1.29 is 80.2 Å². The summed E-state index contributed by atoms with van der Waals surface area (Å²) in [5, 5.41) is 10.6. The summed E-state index contributed by atoms with van der Waals surface area (Å²) in [4.78, 5) is 72.8. The number of esters is 4. The summed E-state index contributed by atoms with van der Waals surface area (Å²) in [6, 6.07) is 0. The first kappa shape index (κ1) is 93.1. The molecule has 19 heteroatoms. The van der Waals surface area contributed by atoms with E-state index in [0.29, 0.717) is 31.6 Å². The van der Waals surface area contributed by atoms with Crippen LogP contribution in [-0.4, -0.2) is 96.7 Å². The molecular weight excluding hydrogens is 1250 g/mol. The van der Waals surface area contributed by atoms with E-state index in [-0.39, 0.29) is 25.7 Å². The average molecular weight is 1400 g/mol. The third kappa shape index (κ3) is 70.3. The summed E-state index contributed by atoms with van der Waals surface area (Å²) in [5.74, 6) is 0.912. The fourth-order valence-electron chi connectivity index (χ4n) is 11.6. The van der Waals surface area contributed by atoms with Crippen LogP contribution in [0.25, 0.3) is 0 Å². The van der Waals surface area contributed by atoms with E-state index < -0.39 is 97.5 Å². The molecule has 564 valence electrons. The van der Waals surface area contributed by atoms with Crippen molar-refractivity contribution in [3.05, 3.63) is 0 Å². The lowest BCUT2D eigenvalue weighted by Crippen LogP contribution is -2.30. The molecule has 0 rings (SSSR count). The van der Waals surface area contributed by atoms with Crippen molar-refractivity contribution in [1.82, 2.24) is 0 Å². The molecule has 5 atom stereocenters. The van der Waals surface area contributed by atoms with Gasteiger partial charge in [0.25, 0.3) is 0 Å². The van der Waals surface area contributed by atoms with E-state index in [1.54, 1.807) is 0 Å². The van der Waals surface area contributed by atoms with Crippen molar-refractivity contribution in [3.8, 4) is 0 Å². The maximum absolute atomic E-state index is 13.1. The molecule has 17 nitrogen and oxygen atoms in total. The van der Waals surface area contributed by atoms with Gasteiger partial charge in [0, 0.05) is 25.7 Å². The molecule has 0 fully saturated rings. The van der Waals surface area contributed by atoms with Crippen LogP contribution in [0.2, 0.25) is 0 Å². The molecule has 0 radical (unpaired) electrons. The van der Waals surface area contributed by atoms with Crippen LogP contribution in [0.3, 0.4) is 0 Å².